The van der Waals surface area contributed by atoms with E-state index in [0.717, 1.165) is 22.4 Å². The Labute approximate surface area is 122 Å². The predicted octanol–water partition coefficient (Wildman–Crippen LogP) is 3.69. The molecule has 0 aliphatic rings. The first kappa shape index (κ1) is 13.7. The van der Waals surface area contributed by atoms with Crippen molar-refractivity contribution in [1.82, 2.24) is 5.43 Å². The highest BCUT2D eigenvalue weighted by molar-refractivity contribution is 7.80. The number of anilines is 1. The summed E-state index contributed by atoms with van der Waals surface area (Å²) in [5, 5.41) is 11.8. The number of aryl methyl sites for hydroxylation is 2. The SMILES string of the molecule is Cc1cccc(C)c1NC(=S)N/N=C\c1ccsc1. The fourth-order valence-electron chi connectivity index (χ4n) is 1.67. The van der Waals surface area contributed by atoms with Gasteiger partial charge in [0.1, 0.15) is 0 Å². The van der Waals surface area contributed by atoms with Gasteiger partial charge in [0.15, 0.2) is 5.11 Å². The van der Waals surface area contributed by atoms with Crippen LogP contribution in [0.5, 0.6) is 0 Å². The highest BCUT2D eigenvalue weighted by atomic mass is 32.1. The van der Waals surface area contributed by atoms with Gasteiger partial charge < -0.3 is 5.32 Å². The molecule has 2 N–H and O–H groups in total. The fourth-order valence-corrected chi connectivity index (χ4v) is 2.43. The van der Waals surface area contributed by atoms with E-state index in [2.05, 4.69) is 15.8 Å². The molecule has 0 saturated heterocycles. The molecule has 0 saturated carbocycles. The maximum absolute atomic E-state index is 5.22. The Kier molecular flexibility index (Phi) is 4.65. The second-order valence-electron chi connectivity index (χ2n) is 4.15. The molecule has 0 spiro atoms. The van der Waals surface area contributed by atoms with E-state index in [9.17, 15) is 0 Å². The average molecular weight is 289 g/mol. The van der Waals surface area contributed by atoms with Crippen LogP contribution in [0.3, 0.4) is 0 Å². The number of nitrogens with one attached hydrogen (secondary N) is 2. The minimum absolute atomic E-state index is 0.490. The normalized spacial score (nSPS) is 10.6. The highest BCUT2D eigenvalue weighted by Gasteiger charge is 2.03. The number of hydrogen-bond donors (Lipinski definition) is 2. The van der Waals surface area contributed by atoms with Gasteiger partial charge in [0, 0.05) is 11.3 Å². The van der Waals surface area contributed by atoms with E-state index in [1.54, 1.807) is 17.6 Å². The van der Waals surface area contributed by atoms with Gasteiger partial charge in [-0.15, -0.1) is 0 Å². The second kappa shape index (κ2) is 6.45. The van der Waals surface area contributed by atoms with Gasteiger partial charge in [0.2, 0.25) is 0 Å². The quantitative estimate of drug-likeness (QED) is 0.514. The molecule has 0 amide bonds. The molecular weight excluding hydrogens is 274 g/mol. The van der Waals surface area contributed by atoms with Crippen LogP contribution in [0.2, 0.25) is 0 Å². The summed E-state index contributed by atoms with van der Waals surface area (Å²) in [6, 6.07) is 8.12. The molecule has 0 aliphatic carbocycles. The van der Waals surface area contributed by atoms with Crippen LogP contribution >= 0.6 is 23.6 Å². The third kappa shape index (κ3) is 3.87. The van der Waals surface area contributed by atoms with Crippen molar-refractivity contribution in [2.24, 2.45) is 5.10 Å². The first-order valence-corrected chi connectivity index (χ1v) is 7.20. The minimum Gasteiger partial charge on any atom is -0.331 e. The van der Waals surface area contributed by atoms with Crippen LogP contribution in [0.25, 0.3) is 0 Å². The lowest BCUT2D eigenvalue weighted by molar-refractivity contribution is 1.05. The fraction of sp³-hybridized carbons (Fsp3) is 0.143. The Morgan fingerprint density at radius 3 is 2.63 bits per heavy atom. The molecule has 98 valence electrons. The molecule has 19 heavy (non-hydrogen) atoms. The Morgan fingerprint density at radius 1 is 1.26 bits per heavy atom. The van der Waals surface area contributed by atoms with E-state index in [4.69, 9.17) is 12.2 Å². The molecule has 0 aliphatic heterocycles. The van der Waals surface area contributed by atoms with Gasteiger partial charge in [-0.2, -0.15) is 16.4 Å². The maximum atomic E-state index is 5.22. The number of rotatable bonds is 3. The van der Waals surface area contributed by atoms with E-state index in [-0.39, 0.29) is 0 Å². The van der Waals surface area contributed by atoms with Crippen molar-refractivity contribution in [1.29, 1.82) is 0 Å². The molecule has 0 bridgehead atoms. The van der Waals surface area contributed by atoms with E-state index in [1.165, 1.54) is 0 Å². The van der Waals surface area contributed by atoms with Crippen LogP contribution in [0.1, 0.15) is 16.7 Å². The number of hydrogen-bond acceptors (Lipinski definition) is 3. The lowest BCUT2D eigenvalue weighted by atomic mass is 10.1. The lowest BCUT2D eigenvalue weighted by Crippen LogP contribution is -2.24. The van der Waals surface area contributed by atoms with Crippen LogP contribution < -0.4 is 10.7 Å². The van der Waals surface area contributed by atoms with Crippen LogP contribution in [0, 0.1) is 13.8 Å². The molecule has 2 aromatic rings. The first-order valence-electron chi connectivity index (χ1n) is 5.85. The van der Waals surface area contributed by atoms with Crippen molar-refractivity contribution in [3.63, 3.8) is 0 Å². The number of para-hydroxylation sites is 1. The molecule has 1 heterocycles. The van der Waals surface area contributed by atoms with Crippen LogP contribution in [-0.4, -0.2) is 11.3 Å². The average Bonchev–Trinajstić information content (AvgIpc) is 2.87. The summed E-state index contributed by atoms with van der Waals surface area (Å²) >= 11 is 6.85. The maximum Gasteiger partial charge on any atom is 0.191 e. The highest BCUT2D eigenvalue weighted by Crippen LogP contribution is 2.19. The third-order valence-electron chi connectivity index (χ3n) is 2.64. The lowest BCUT2D eigenvalue weighted by Gasteiger charge is -2.12. The Hall–Kier alpha value is -1.72. The van der Waals surface area contributed by atoms with Gasteiger partial charge >= 0.3 is 0 Å². The summed E-state index contributed by atoms with van der Waals surface area (Å²) in [7, 11) is 0. The minimum atomic E-state index is 0.490. The molecule has 3 nitrogen and oxygen atoms in total. The largest absolute Gasteiger partial charge is 0.331 e. The van der Waals surface area contributed by atoms with Crippen LogP contribution in [-0.2, 0) is 0 Å². The third-order valence-corrected chi connectivity index (χ3v) is 3.54. The summed E-state index contributed by atoms with van der Waals surface area (Å²) in [5.41, 5.74) is 7.23. The van der Waals surface area contributed by atoms with Crippen LogP contribution in [0.15, 0.2) is 40.1 Å². The molecule has 0 atom stereocenters. The summed E-state index contributed by atoms with van der Waals surface area (Å²) in [4.78, 5) is 0. The van der Waals surface area contributed by atoms with Crippen molar-refractivity contribution in [3.8, 4) is 0 Å². The molecule has 0 radical (unpaired) electrons. The van der Waals surface area contributed by atoms with Gasteiger partial charge in [-0.05, 0) is 54.0 Å². The molecule has 1 aromatic heterocycles. The molecule has 1 aromatic carbocycles. The first-order chi connectivity index (χ1) is 9.16. The van der Waals surface area contributed by atoms with Crippen molar-refractivity contribution in [2.75, 3.05) is 5.32 Å². The molecule has 2 rings (SSSR count). The molecule has 5 heteroatoms. The molecular formula is C14H15N3S2. The topological polar surface area (TPSA) is 36.4 Å². The van der Waals surface area contributed by atoms with Crippen molar-refractivity contribution < 1.29 is 0 Å². The summed E-state index contributed by atoms with van der Waals surface area (Å²) in [6.45, 7) is 4.10. The van der Waals surface area contributed by atoms with Crippen molar-refractivity contribution in [2.45, 2.75) is 13.8 Å². The second-order valence-corrected chi connectivity index (χ2v) is 5.34. The summed E-state index contributed by atoms with van der Waals surface area (Å²) < 4.78 is 0. The Bertz CT molecular complexity index is 568. The monoisotopic (exact) mass is 289 g/mol. The number of thiophene rings is 1. The van der Waals surface area contributed by atoms with Gasteiger partial charge in [-0.3, -0.25) is 5.43 Å². The Morgan fingerprint density at radius 2 is 2.00 bits per heavy atom. The Balaban J connectivity index is 1.95. The zero-order valence-electron chi connectivity index (χ0n) is 10.8. The van der Waals surface area contributed by atoms with E-state index >= 15 is 0 Å². The summed E-state index contributed by atoms with van der Waals surface area (Å²) in [6.07, 6.45) is 1.75. The van der Waals surface area contributed by atoms with E-state index in [0.29, 0.717) is 5.11 Å². The predicted molar refractivity (Wildman–Crippen MR) is 87.2 cm³/mol. The van der Waals surface area contributed by atoms with E-state index < -0.39 is 0 Å². The standard InChI is InChI=1S/C14H15N3S2/c1-10-4-3-5-11(2)13(10)16-14(18)17-15-8-12-6-7-19-9-12/h3-9H,1-2H3,(H2,16,17,18)/b15-8-. The van der Waals surface area contributed by atoms with Gasteiger partial charge in [0.25, 0.3) is 0 Å². The van der Waals surface area contributed by atoms with E-state index in [1.807, 2.05) is 48.9 Å². The van der Waals surface area contributed by atoms with Crippen LogP contribution in [0.4, 0.5) is 5.69 Å². The number of hydrazone groups is 1. The molecule has 0 fully saturated rings. The summed E-state index contributed by atoms with van der Waals surface area (Å²) in [5.74, 6) is 0. The zero-order valence-corrected chi connectivity index (χ0v) is 12.4. The van der Waals surface area contributed by atoms with Gasteiger partial charge in [0.05, 0.1) is 6.21 Å². The smallest absolute Gasteiger partial charge is 0.191 e. The number of nitrogens with zero attached hydrogens (tertiary/aromatic N) is 1. The van der Waals surface area contributed by atoms with Gasteiger partial charge in [-0.25, -0.2) is 0 Å². The van der Waals surface area contributed by atoms with Crippen molar-refractivity contribution in [3.05, 3.63) is 51.7 Å². The number of thiocarbonyl (C=S) groups is 1. The van der Waals surface area contributed by atoms with Gasteiger partial charge in [-0.1, -0.05) is 18.2 Å². The van der Waals surface area contributed by atoms with Crippen molar-refractivity contribution >= 4 is 40.6 Å². The number of benzene rings is 1. The molecule has 0 unspecified atom stereocenters. The zero-order chi connectivity index (χ0) is 13.7.